The minimum absolute atomic E-state index is 0.306. The summed E-state index contributed by atoms with van der Waals surface area (Å²) in [6, 6.07) is 11.7. The number of ether oxygens (including phenoxy) is 2. The zero-order valence-corrected chi connectivity index (χ0v) is 16.4. The van der Waals surface area contributed by atoms with Crippen LogP contribution in [0.1, 0.15) is 63.2 Å². The van der Waals surface area contributed by atoms with E-state index in [1.54, 1.807) is 6.07 Å². The Labute approximate surface area is 156 Å². The van der Waals surface area contributed by atoms with Gasteiger partial charge in [0.05, 0.1) is 18.8 Å². The zero-order valence-electron chi connectivity index (χ0n) is 16.4. The molecular weight excluding hydrogens is 324 g/mol. The van der Waals surface area contributed by atoms with Crippen LogP contribution in [-0.2, 0) is 4.74 Å². The highest BCUT2D eigenvalue weighted by atomic mass is 16.5. The molecule has 0 aromatic heterocycles. The zero-order chi connectivity index (χ0) is 18.7. The van der Waals surface area contributed by atoms with Crippen LogP contribution in [0.5, 0.6) is 5.75 Å². The first-order chi connectivity index (χ1) is 12.4. The first kappa shape index (κ1) is 18.8. The molecule has 1 aliphatic carbocycles. The smallest absolute Gasteiger partial charge is 0.337 e. The standard InChI is InChI=1S/C23H30O3/c1-5-23(2,3)19-9-12-20(13-10-19)26-21-11-8-16-14-18(22(24)25-4)7-6-17(16)15-21/h6-8,11,14-15,19-20H,5,9-10,12-13H2,1-4H3. The molecule has 3 rings (SSSR count). The topological polar surface area (TPSA) is 35.5 Å². The highest BCUT2D eigenvalue weighted by Gasteiger charge is 2.32. The van der Waals surface area contributed by atoms with Crippen LogP contribution < -0.4 is 4.74 Å². The monoisotopic (exact) mass is 354 g/mol. The molecular formula is C23H30O3. The summed E-state index contributed by atoms with van der Waals surface area (Å²) in [7, 11) is 1.40. The first-order valence-corrected chi connectivity index (χ1v) is 9.71. The normalized spacial score (nSPS) is 20.8. The molecule has 1 fully saturated rings. The number of carbonyl (C=O) groups excluding carboxylic acids is 1. The number of rotatable bonds is 5. The number of hydrogen-bond acceptors (Lipinski definition) is 3. The number of carbonyl (C=O) groups is 1. The largest absolute Gasteiger partial charge is 0.490 e. The Kier molecular flexibility index (Phi) is 5.55. The van der Waals surface area contributed by atoms with Crippen LogP contribution in [0.15, 0.2) is 36.4 Å². The van der Waals surface area contributed by atoms with Crippen molar-refractivity contribution in [3.63, 3.8) is 0 Å². The Morgan fingerprint density at radius 3 is 2.35 bits per heavy atom. The lowest BCUT2D eigenvalue weighted by Crippen LogP contribution is -2.31. The molecule has 26 heavy (non-hydrogen) atoms. The molecule has 0 bridgehead atoms. The molecule has 0 aliphatic heterocycles. The van der Waals surface area contributed by atoms with Crippen LogP contribution in [-0.4, -0.2) is 19.2 Å². The maximum Gasteiger partial charge on any atom is 0.337 e. The Morgan fingerprint density at radius 2 is 1.69 bits per heavy atom. The van der Waals surface area contributed by atoms with E-state index >= 15 is 0 Å². The summed E-state index contributed by atoms with van der Waals surface area (Å²) in [5, 5.41) is 2.10. The minimum atomic E-state index is -0.306. The van der Waals surface area contributed by atoms with Crippen LogP contribution in [0.2, 0.25) is 0 Å². The lowest BCUT2D eigenvalue weighted by Gasteiger charge is -2.38. The Morgan fingerprint density at radius 1 is 1.04 bits per heavy atom. The van der Waals surface area contributed by atoms with Crippen molar-refractivity contribution in [3.8, 4) is 5.75 Å². The van der Waals surface area contributed by atoms with Gasteiger partial charge in [0.2, 0.25) is 0 Å². The second-order valence-electron chi connectivity index (χ2n) is 8.15. The van der Waals surface area contributed by atoms with E-state index in [-0.39, 0.29) is 5.97 Å². The summed E-state index contributed by atoms with van der Waals surface area (Å²) < 4.78 is 11.1. The fourth-order valence-corrected chi connectivity index (χ4v) is 3.99. The fraction of sp³-hybridized carbons (Fsp3) is 0.522. The SMILES string of the molecule is CCC(C)(C)C1CCC(Oc2ccc3cc(C(=O)OC)ccc3c2)CC1. The van der Waals surface area contributed by atoms with Gasteiger partial charge in [0.1, 0.15) is 5.75 Å². The second-order valence-corrected chi connectivity index (χ2v) is 8.15. The van der Waals surface area contributed by atoms with Crippen LogP contribution in [0.4, 0.5) is 0 Å². The molecule has 0 N–H and O–H groups in total. The van der Waals surface area contributed by atoms with E-state index < -0.39 is 0 Å². The molecule has 0 spiro atoms. The first-order valence-electron chi connectivity index (χ1n) is 9.71. The summed E-state index contributed by atoms with van der Waals surface area (Å²) in [5.74, 6) is 1.42. The third-order valence-corrected chi connectivity index (χ3v) is 6.23. The van der Waals surface area contributed by atoms with Gasteiger partial charge in [-0.05, 0) is 72.1 Å². The van der Waals surface area contributed by atoms with Gasteiger partial charge in [-0.1, -0.05) is 39.3 Å². The number of esters is 1. The van der Waals surface area contributed by atoms with E-state index in [9.17, 15) is 4.79 Å². The van der Waals surface area contributed by atoms with Crippen molar-refractivity contribution in [1.29, 1.82) is 0 Å². The van der Waals surface area contributed by atoms with Gasteiger partial charge in [-0.15, -0.1) is 0 Å². The Hall–Kier alpha value is -2.03. The molecule has 0 saturated heterocycles. The summed E-state index contributed by atoms with van der Waals surface area (Å²) in [6.07, 6.45) is 6.32. The highest BCUT2D eigenvalue weighted by molar-refractivity contribution is 5.95. The molecule has 1 aliphatic rings. The van der Waals surface area contributed by atoms with Crippen molar-refractivity contribution in [1.82, 2.24) is 0 Å². The maximum absolute atomic E-state index is 11.7. The maximum atomic E-state index is 11.7. The number of fused-ring (bicyclic) bond motifs is 1. The van der Waals surface area contributed by atoms with E-state index in [4.69, 9.17) is 9.47 Å². The van der Waals surface area contributed by atoms with Crippen LogP contribution in [0, 0.1) is 11.3 Å². The van der Waals surface area contributed by atoms with Crippen molar-refractivity contribution in [2.75, 3.05) is 7.11 Å². The molecule has 1 saturated carbocycles. The van der Waals surface area contributed by atoms with Crippen LogP contribution in [0.3, 0.4) is 0 Å². The number of hydrogen-bond donors (Lipinski definition) is 0. The fourth-order valence-electron chi connectivity index (χ4n) is 3.99. The number of methoxy groups -OCH3 is 1. The minimum Gasteiger partial charge on any atom is -0.490 e. The van der Waals surface area contributed by atoms with Gasteiger partial charge >= 0.3 is 5.97 Å². The van der Waals surface area contributed by atoms with Crippen molar-refractivity contribution in [3.05, 3.63) is 42.0 Å². The number of benzene rings is 2. The molecule has 0 unspecified atom stereocenters. The predicted octanol–water partition coefficient (Wildman–Crippen LogP) is 6.00. The second kappa shape index (κ2) is 7.69. The molecule has 0 heterocycles. The van der Waals surface area contributed by atoms with Gasteiger partial charge < -0.3 is 9.47 Å². The summed E-state index contributed by atoms with van der Waals surface area (Å²) >= 11 is 0. The van der Waals surface area contributed by atoms with Crippen molar-refractivity contribution < 1.29 is 14.3 Å². The molecule has 3 nitrogen and oxygen atoms in total. The predicted molar refractivity (Wildman–Crippen MR) is 106 cm³/mol. The molecule has 0 atom stereocenters. The van der Waals surface area contributed by atoms with Gasteiger partial charge in [0, 0.05) is 0 Å². The third-order valence-electron chi connectivity index (χ3n) is 6.23. The summed E-state index contributed by atoms with van der Waals surface area (Å²) in [4.78, 5) is 11.7. The lowest BCUT2D eigenvalue weighted by molar-refractivity contribution is 0.0601. The molecule has 3 heteroatoms. The molecule has 2 aromatic carbocycles. The van der Waals surface area contributed by atoms with E-state index in [0.717, 1.165) is 35.3 Å². The average Bonchev–Trinajstić information content (AvgIpc) is 2.67. The van der Waals surface area contributed by atoms with Crippen LogP contribution in [0.25, 0.3) is 10.8 Å². The van der Waals surface area contributed by atoms with Crippen molar-refractivity contribution >= 4 is 16.7 Å². The molecule has 0 radical (unpaired) electrons. The molecule has 0 amide bonds. The van der Waals surface area contributed by atoms with Crippen LogP contribution >= 0.6 is 0 Å². The lowest BCUT2D eigenvalue weighted by atomic mass is 9.69. The Balaban J connectivity index is 1.66. The van der Waals surface area contributed by atoms with Gasteiger partial charge in [-0.25, -0.2) is 4.79 Å². The van der Waals surface area contributed by atoms with Crippen molar-refractivity contribution in [2.45, 2.75) is 59.0 Å². The summed E-state index contributed by atoms with van der Waals surface area (Å²) in [6.45, 7) is 7.08. The van der Waals surface area contributed by atoms with Gasteiger partial charge in [0.25, 0.3) is 0 Å². The van der Waals surface area contributed by atoms with Crippen molar-refractivity contribution in [2.24, 2.45) is 11.3 Å². The highest BCUT2D eigenvalue weighted by Crippen LogP contribution is 2.41. The quantitative estimate of drug-likeness (QED) is 0.618. The average molecular weight is 354 g/mol. The summed E-state index contributed by atoms with van der Waals surface area (Å²) in [5.41, 5.74) is 1.01. The Bertz CT molecular complexity index is 770. The van der Waals surface area contributed by atoms with E-state index in [1.165, 1.54) is 26.4 Å². The van der Waals surface area contributed by atoms with E-state index in [2.05, 4.69) is 26.8 Å². The third kappa shape index (κ3) is 4.03. The van der Waals surface area contributed by atoms with E-state index in [0.29, 0.717) is 17.1 Å². The van der Waals surface area contributed by atoms with Gasteiger partial charge in [-0.3, -0.25) is 0 Å². The van der Waals surface area contributed by atoms with Gasteiger partial charge in [0.15, 0.2) is 0 Å². The molecule has 140 valence electrons. The van der Waals surface area contributed by atoms with E-state index in [1.807, 2.05) is 24.3 Å². The van der Waals surface area contributed by atoms with Gasteiger partial charge in [-0.2, -0.15) is 0 Å². The molecule has 2 aromatic rings.